The third-order valence-corrected chi connectivity index (χ3v) is 14.4. The van der Waals surface area contributed by atoms with Gasteiger partial charge in [-0.25, -0.2) is 0 Å². The molecule has 2 heterocycles. The molecule has 12 aromatic rings. The predicted octanol–water partition coefficient (Wildman–Crippen LogP) is 17.2. The Kier molecular flexibility index (Phi) is 7.97. The maximum Gasteiger partial charge on any atom is 0.0647 e. The lowest BCUT2D eigenvalue weighted by Gasteiger charge is -2.27. The Morgan fingerprint density at radius 3 is 1.66 bits per heavy atom. The molecule has 1 nitrogen and oxygen atoms in total. The van der Waals surface area contributed by atoms with Crippen molar-refractivity contribution in [1.29, 1.82) is 0 Å². The molecule has 276 valence electrons. The number of nitrogens with zero attached hydrogens (tertiary/aromatic N) is 1. The van der Waals surface area contributed by atoms with Gasteiger partial charge in [0.05, 0.1) is 20.8 Å². The van der Waals surface area contributed by atoms with E-state index in [0.717, 1.165) is 5.69 Å². The van der Waals surface area contributed by atoms with E-state index in [1.165, 1.54) is 107 Å². The molecule has 0 amide bonds. The summed E-state index contributed by atoms with van der Waals surface area (Å²) < 4.78 is 5.18. The summed E-state index contributed by atoms with van der Waals surface area (Å²) in [6, 6.07) is 78.1. The fraction of sp³-hybridized carbons (Fsp3) is 0. The minimum atomic E-state index is 1.12. The first-order valence-corrected chi connectivity index (χ1v) is 21.7. The first-order valence-electron chi connectivity index (χ1n) is 20.1. The van der Waals surface area contributed by atoms with Crippen LogP contribution in [0, 0.1) is 0 Å². The number of anilines is 3. The second kappa shape index (κ2) is 13.8. The fourth-order valence-electron chi connectivity index (χ4n) is 8.96. The third-order valence-electron chi connectivity index (χ3n) is 11.8. The van der Waals surface area contributed by atoms with Gasteiger partial charge in [0.2, 0.25) is 0 Å². The standard InChI is InChI=1S/C56H35NS2/c1-3-13-36(14-4-1)43-34-50-48-22-11-21-46(39-16-5-2-6-17-39)53(48)59-56(50)52(35-43)57(44-30-27-38(28-31-44)42-26-25-37-15-7-8-19-41(37)33-42)51-24-12-23-47-49-32-29-40-18-9-10-20-45(40)54(49)58-55(47)51/h1-35H. The van der Waals surface area contributed by atoms with Crippen molar-refractivity contribution in [1.82, 2.24) is 0 Å². The Balaban J connectivity index is 1.15. The van der Waals surface area contributed by atoms with E-state index in [1.807, 2.05) is 22.7 Å². The molecule has 0 unspecified atom stereocenters. The van der Waals surface area contributed by atoms with E-state index < -0.39 is 0 Å². The largest absolute Gasteiger partial charge is 0.308 e. The second-order valence-corrected chi connectivity index (χ2v) is 17.3. The van der Waals surface area contributed by atoms with Crippen LogP contribution in [0.25, 0.3) is 95.3 Å². The van der Waals surface area contributed by atoms with Gasteiger partial charge in [0.1, 0.15) is 0 Å². The molecule has 59 heavy (non-hydrogen) atoms. The molecule has 0 spiro atoms. The molecule has 0 aliphatic carbocycles. The van der Waals surface area contributed by atoms with Gasteiger partial charge in [0.15, 0.2) is 0 Å². The van der Waals surface area contributed by atoms with Crippen LogP contribution in [0.4, 0.5) is 17.1 Å². The van der Waals surface area contributed by atoms with E-state index in [2.05, 4.69) is 217 Å². The monoisotopic (exact) mass is 785 g/mol. The van der Waals surface area contributed by atoms with Crippen LogP contribution < -0.4 is 4.90 Å². The lowest BCUT2D eigenvalue weighted by atomic mass is 9.98. The van der Waals surface area contributed by atoms with Gasteiger partial charge in [-0.05, 0) is 91.3 Å². The smallest absolute Gasteiger partial charge is 0.0647 e. The van der Waals surface area contributed by atoms with Crippen molar-refractivity contribution in [3.63, 3.8) is 0 Å². The number of benzene rings is 10. The van der Waals surface area contributed by atoms with Gasteiger partial charge in [0, 0.05) is 36.6 Å². The Morgan fingerprint density at radius 1 is 0.271 bits per heavy atom. The van der Waals surface area contributed by atoms with Crippen LogP contribution in [-0.4, -0.2) is 0 Å². The maximum atomic E-state index is 2.54. The first kappa shape index (κ1) is 34.0. The van der Waals surface area contributed by atoms with Crippen molar-refractivity contribution in [2.45, 2.75) is 0 Å². The fourth-order valence-corrected chi connectivity index (χ4v) is 11.6. The molecular formula is C56H35NS2. The topological polar surface area (TPSA) is 3.24 Å². The van der Waals surface area contributed by atoms with E-state index in [-0.39, 0.29) is 0 Å². The Hall–Kier alpha value is -7.04. The highest BCUT2D eigenvalue weighted by atomic mass is 32.1. The SMILES string of the molecule is c1ccc(-c2cc(N(c3ccc(-c4ccc5ccccc5c4)cc3)c3cccc4c3sc3c5ccccc5ccc43)c3sc4c(-c5ccccc5)cccc4c3c2)cc1. The van der Waals surface area contributed by atoms with Gasteiger partial charge >= 0.3 is 0 Å². The molecule has 12 rings (SSSR count). The lowest BCUT2D eigenvalue weighted by Crippen LogP contribution is -2.10. The Bertz CT molecular complexity index is 3540. The minimum Gasteiger partial charge on any atom is -0.308 e. The zero-order valence-electron chi connectivity index (χ0n) is 32.0. The van der Waals surface area contributed by atoms with Crippen LogP contribution in [0.3, 0.4) is 0 Å². The Morgan fingerprint density at radius 2 is 0.847 bits per heavy atom. The molecule has 3 heteroatoms. The molecule has 0 fully saturated rings. The van der Waals surface area contributed by atoms with Gasteiger partial charge in [-0.1, -0.05) is 176 Å². The van der Waals surface area contributed by atoms with E-state index >= 15 is 0 Å². The number of hydrogen-bond donors (Lipinski definition) is 0. The molecular weight excluding hydrogens is 751 g/mol. The zero-order chi connectivity index (χ0) is 38.9. The average Bonchev–Trinajstić information content (AvgIpc) is 3.89. The molecule has 0 aliphatic rings. The van der Waals surface area contributed by atoms with Crippen LogP contribution in [0.2, 0.25) is 0 Å². The summed E-state index contributed by atoms with van der Waals surface area (Å²) in [4.78, 5) is 2.54. The van der Waals surface area contributed by atoms with Gasteiger partial charge in [-0.2, -0.15) is 0 Å². The zero-order valence-corrected chi connectivity index (χ0v) is 33.6. The normalized spacial score (nSPS) is 11.7. The molecule has 0 bridgehead atoms. The van der Waals surface area contributed by atoms with E-state index in [1.54, 1.807) is 0 Å². The Labute approximate surface area is 350 Å². The quantitative estimate of drug-likeness (QED) is 0.162. The van der Waals surface area contributed by atoms with E-state index in [4.69, 9.17) is 0 Å². The summed E-state index contributed by atoms with van der Waals surface area (Å²) in [6.07, 6.45) is 0. The first-order chi connectivity index (χ1) is 29.2. The third kappa shape index (κ3) is 5.66. The molecule has 10 aromatic carbocycles. The molecule has 0 atom stereocenters. The molecule has 0 aliphatic heterocycles. The molecule has 0 N–H and O–H groups in total. The summed E-state index contributed by atoms with van der Waals surface area (Å²) >= 11 is 3.82. The van der Waals surface area contributed by atoms with Crippen LogP contribution in [0.1, 0.15) is 0 Å². The summed E-state index contributed by atoms with van der Waals surface area (Å²) in [7, 11) is 0. The number of hydrogen-bond acceptors (Lipinski definition) is 3. The number of rotatable bonds is 6. The van der Waals surface area contributed by atoms with Crippen LogP contribution >= 0.6 is 22.7 Å². The van der Waals surface area contributed by atoms with Crippen LogP contribution in [-0.2, 0) is 0 Å². The molecule has 0 radical (unpaired) electrons. The number of fused-ring (bicyclic) bond motifs is 9. The van der Waals surface area contributed by atoms with Crippen molar-refractivity contribution in [3.05, 3.63) is 212 Å². The molecule has 2 aromatic heterocycles. The van der Waals surface area contributed by atoms with Crippen molar-refractivity contribution in [2.24, 2.45) is 0 Å². The maximum absolute atomic E-state index is 2.54. The molecule has 0 saturated carbocycles. The van der Waals surface area contributed by atoms with Gasteiger partial charge in [0.25, 0.3) is 0 Å². The van der Waals surface area contributed by atoms with Crippen molar-refractivity contribution < 1.29 is 0 Å². The minimum absolute atomic E-state index is 1.12. The van der Waals surface area contributed by atoms with Gasteiger partial charge in [-0.3, -0.25) is 0 Å². The highest BCUT2D eigenvalue weighted by Gasteiger charge is 2.24. The summed E-state index contributed by atoms with van der Waals surface area (Å²) in [5.74, 6) is 0. The summed E-state index contributed by atoms with van der Waals surface area (Å²) in [5, 5.41) is 10.2. The van der Waals surface area contributed by atoms with Crippen molar-refractivity contribution in [2.75, 3.05) is 4.90 Å². The summed E-state index contributed by atoms with van der Waals surface area (Å²) in [6.45, 7) is 0. The highest BCUT2D eigenvalue weighted by molar-refractivity contribution is 7.27. The average molecular weight is 786 g/mol. The van der Waals surface area contributed by atoms with Crippen LogP contribution in [0.15, 0.2) is 212 Å². The van der Waals surface area contributed by atoms with Crippen LogP contribution in [0.5, 0.6) is 0 Å². The second-order valence-electron chi connectivity index (χ2n) is 15.3. The molecule has 0 saturated heterocycles. The lowest BCUT2D eigenvalue weighted by molar-refractivity contribution is 1.32. The summed E-state index contributed by atoms with van der Waals surface area (Å²) in [5.41, 5.74) is 10.8. The van der Waals surface area contributed by atoms with Crippen molar-refractivity contribution in [3.8, 4) is 33.4 Å². The van der Waals surface area contributed by atoms with E-state index in [9.17, 15) is 0 Å². The number of thiophene rings is 2. The highest BCUT2D eigenvalue weighted by Crippen LogP contribution is 2.52. The van der Waals surface area contributed by atoms with E-state index in [0.29, 0.717) is 0 Å². The predicted molar refractivity (Wildman–Crippen MR) is 258 cm³/mol. The van der Waals surface area contributed by atoms with Crippen molar-refractivity contribution >= 4 is 102 Å². The van der Waals surface area contributed by atoms with Gasteiger partial charge < -0.3 is 4.90 Å². The van der Waals surface area contributed by atoms with Gasteiger partial charge in [-0.15, -0.1) is 22.7 Å².